The number of hydrogen-bond acceptors (Lipinski definition) is 4. The number of carbonyl (C=O) groups excluding carboxylic acids is 2. The molecule has 0 spiro atoms. The summed E-state index contributed by atoms with van der Waals surface area (Å²) < 4.78 is 5.41. The second-order valence-corrected chi connectivity index (χ2v) is 8.11. The molecule has 0 bridgehead atoms. The fourth-order valence-corrected chi connectivity index (χ4v) is 3.08. The summed E-state index contributed by atoms with van der Waals surface area (Å²) >= 11 is 11.9. The van der Waals surface area contributed by atoms with E-state index < -0.39 is 5.60 Å². The second kappa shape index (κ2) is 8.93. The fourth-order valence-electron chi connectivity index (χ4n) is 2.62. The fraction of sp³-hybridized carbons (Fsp3) is 0.556. The van der Waals surface area contributed by atoms with E-state index in [0.717, 1.165) is 13.0 Å². The van der Waals surface area contributed by atoms with Gasteiger partial charge in [-0.3, -0.25) is 9.69 Å². The lowest BCUT2D eigenvalue weighted by molar-refractivity contribution is -0.117. The van der Waals surface area contributed by atoms with Gasteiger partial charge in [0.2, 0.25) is 5.91 Å². The molecule has 0 saturated carbocycles. The minimum atomic E-state index is -0.513. The highest BCUT2D eigenvalue weighted by molar-refractivity contribution is 6.36. The van der Waals surface area contributed by atoms with Crippen molar-refractivity contribution in [2.24, 2.45) is 0 Å². The first-order valence-electron chi connectivity index (χ1n) is 8.59. The SMILES string of the molecule is CC(C)(C)OC(=O)N1CCCN(CC(=O)Nc2ccc(Cl)cc2Cl)CC1. The molecular weight excluding hydrogens is 377 g/mol. The molecule has 0 atom stereocenters. The average Bonchev–Trinajstić information content (AvgIpc) is 2.74. The van der Waals surface area contributed by atoms with E-state index in [4.69, 9.17) is 27.9 Å². The number of nitrogens with one attached hydrogen (secondary N) is 1. The van der Waals surface area contributed by atoms with Gasteiger partial charge in [0.05, 0.1) is 17.3 Å². The van der Waals surface area contributed by atoms with Crippen molar-refractivity contribution in [1.82, 2.24) is 9.80 Å². The summed E-state index contributed by atoms with van der Waals surface area (Å²) in [5, 5.41) is 3.71. The summed E-state index contributed by atoms with van der Waals surface area (Å²) in [6.45, 7) is 8.28. The number of rotatable bonds is 3. The van der Waals surface area contributed by atoms with Crippen molar-refractivity contribution < 1.29 is 14.3 Å². The standard InChI is InChI=1S/C18H25Cl2N3O3/c1-18(2,3)26-17(25)23-8-4-7-22(9-10-23)12-16(24)21-15-6-5-13(19)11-14(15)20/h5-6,11H,4,7-10,12H2,1-3H3,(H,21,24). The topological polar surface area (TPSA) is 61.9 Å². The molecule has 1 fully saturated rings. The Balaban J connectivity index is 1.85. The van der Waals surface area contributed by atoms with Crippen LogP contribution in [0.1, 0.15) is 27.2 Å². The van der Waals surface area contributed by atoms with E-state index in [-0.39, 0.29) is 18.5 Å². The maximum atomic E-state index is 12.3. The van der Waals surface area contributed by atoms with Crippen LogP contribution in [0.3, 0.4) is 0 Å². The van der Waals surface area contributed by atoms with Crippen molar-refractivity contribution in [3.05, 3.63) is 28.2 Å². The zero-order valence-corrected chi connectivity index (χ0v) is 16.9. The summed E-state index contributed by atoms with van der Waals surface area (Å²) in [6.07, 6.45) is 0.477. The molecule has 0 radical (unpaired) electrons. The van der Waals surface area contributed by atoms with Gasteiger partial charge in [0, 0.05) is 31.2 Å². The van der Waals surface area contributed by atoms with Crippen molar-refractivity contribution in [1.29, 1.82) is 0 Å². The molecule has 1 heterocycles. The number of carbonyl (C=O) groups is 2. The van der Waals surface area contributed by atoms with E-state index in [1.165, 1.54) is 0 Å². The van der Waals surface area contributed by atoms with Crippen molar-refractivity contribution in [3.8, 4) is 0 Å². The van der Waals surface area contributed by atoms with Gasteiger partial charge in [-0.1, -0.05) is 23.2 Å². The number of anilines is 1. The maximum absolute atomic E-state index is 12.3. The van der Waals surface area contributed by atoms with Crippen LogP contribution in [-0.4, -0.2) is 60.1 Å². The zero-order valence-electron chi connectivity index (χ0n) is 15.3. The lowest BCUT2D eigenvalue weighted by atomic mass is 10.2. The number of amides is 2. The molecule has 8 heteroatoms. The van der Waals surface area contributed by atoms with Crippen LogP contribution in [0.25, 0.3) is 0 Å². The minimum Gasteiger partial charge on any atom is -0.444 e. The number of hydrogen-bond donors (Lipinski definition) is 1. The van der Waals surface area contributed by atoms with Crippen molar-refractivity contribution in [3.63, 3.8) is 0 Å². The Bertz CT molecular complexity index is 662. The largest absolute Gasteiger partial charge is 0.444 e. The Labute approximate surface area is 164 Å². The summed E-state index contributed by atoms with van der Waals surface area (Å²) in [4.78, 5) is 28.2. The van der Waals surface area contributed by atoms with Crippen LogP contribution in [0.15, 0.2) is 18.2 Å². The normalized spacial score (nSPS) is 16.1. The predicted molar refractivity (Wildman–Crippen MR) is 104 cm³/mol. The van der Waals surface area contributed by atoms with E-state index in [0.29, 0.717) is 35.4 Å². The van der Waals surface area contributed by atoms with Crippen LogP contribution < -0.4 is 5.32 Å². The third-order valence-electron chi connectivity index (χ3n) is 3.81. The van der Waals surface area contributed by atoms with Gasteiger partial charge in [-0.05, 0) is 45.4 Å². The molecule has 1 aromatic carbocycles. The van der Waals surface area contributed by atoms with E-state index in [2.05, 4.69) is 5.32 Å². The van der Waals surface area contributed by atoms with Gasteiger partial charge in [-0.2, -0.15) is 0 Å². The first-order valence-corrected chi connectivity index (χ1v) is 9.35. The molecule has 1 saturated heterocycles. The van der Waals surface area contributed by atoms with Crippen molar-refractivity contribution in [2.45, 2.75) is 32.8 Å². The van der Waals surface area contributed by atoms with Crippen molar-refractivity contribution in [2.75, 3.05) is 38.0 Å². The first kappa shape index (κ1) is 20.8. The molecule has 6 nitrogen and oxygen atoms in total. The average molecular weight is 402 g/mol. The van der Waals surface area contributed by atoms with Gasteiger partial charge in [-0.25, -0.2) is 4.79 Å². The highest BCUT2D eigenvalue weighted by Gasteiger charge is 2.25. The highest BCUT2D eigenvalue weighted by Crippen LogP contribution is 2.25. The van der Waals surface area contributed by atoms with Gasteiger partial charge in [0.25, 0.3) is 0 Å². The second-order valence-electron chi connectivity index (χ2n) is 7.27. The molecule has 1 aliphatic rings. The Morgan fingerprint density at radius 3 is 2.54 bits per heavy atom. The van der Waals surface area contributed by atoms with Crippen LogP contribution in [0.2, 0.25) is 10.0 Å². The third kappa shape index (κ3) is 6.67. The summed E-state index contributed by atoms with van der Waals surface area (Å²) in [7, 11) is 0. The van der Waals surface area contributed by atoms with Gasteiger partial charge >= 0.3 is 6.09 Å². The number of benzene rings is 1. The van der Waals surface area contributed by atoms with E-state index in [1.54, 1.807) is 23.1 Å². The molecule has 1 aromatic rings. The number of ether oxygens (including phenoxy) is 1. The molecule has 0 aromatic heterocycles. The summed E-state index contributed by atoms with van der Waals surface area (Å²) in [6, 6.07) is 4.94. The smallest absolute Gasteiger partial charge is 0.410 e. The number of nitrogens with zero attached hydrogens (tertiary/aromatic N) is 2. The van der Waals surface area contributed by atoms with Gasteiger partial charge in [0.1, 0.15) is 5.60 Å². The Morgan fingerprint density at radius 2 is 1.88 bits per heavy atom. The summed E-state index contributed by atoms with van der Waals surface area (Å²) in [5.74, 6) is -0.153. The zero-order chi connectivity index (χ0) is 19.3. The molecule has 2 rings (SSSR count). The van der Waals surface area contributed by atoms with Crippen molar-refractivity contribution >= 4 is 40.9 Å². The van der Waals surface area contributed by atoms with E-state index >= 15 is 0 Å². The predicted octanol–water partition coefficient (Wildman–Crippen LogP) is 3.87. The van der Waals surface area contributed by atoms with Crippen LogP contribution in [-0.2, 0) is 9.53 Å². The number of halogens is 2. The molecule has 1 aliphatic heterocycles. The van der Waals surface area contributed by atoms with Gasteiger partial charge < -0.3 is 15.0 Å². The molecular formula is C18H25Cl2N3O3. The first-order chi connectivity index (χ1) is 12.1. The van der Waals surface area contributed by atoms with E-state index in [1.807, 2.05) is 25.7 Å². The quantitative estimate of drug-likeness (QED) is 0.834. The van der Waals surface area contributed by atoms with E-state index in [9.17, 15) is 9.59 Å². The Hall–Kier alpha value is -1.50. The molecule has 144 valence electrons. The van der Waals surface area contributed by atoms with Crippen LogP contribution in [0.5, 0.6) is 0 Å². The van der Waals surface area contributed by atoms with Crippen LogP contribution in [0.4, 0.5) is 10.5 Å². The molecule has 26 heavy (non-hydrogen) atoms. The monoisotopic (exact) mass is 401 g/mol. The molecule has 2 amide bonds. The van der Waals surface area contributed by atoms with Gasteiger partial charge in [0.15, 0.2) is 0 Å². The van der Waals surface area contributed by atoms with Gasteiger partial charge in [-0.15, -0.1) is 0 Å². The lowest BCUT2D eigenvalue weighted by Crippen LogP contribution is -2.40. The molecule has 0 unspecified atom stereocenters. The minimum absolute atomic E-state index is 0.153. The molecule has 0 aliphatic carbocycles. The van der Waals surface area contributed by atoms with Crippen LogP contribution >= 0.6 is 23.2 Å². The molecule has 1 N–H and O–H groups in total. The maximum Gasteiger partial charge on any atom is 0.410 e. The highest BCUT2D eigenvalue weighted by atomic mass is 35.5. The third-order valence-corrected chi connectivity index (χ3v) is 4.36. The lowest BCUT2D eigenvalue weighted by Gasteiger charge is -2.26. The Morgan fingerprint density at radius 1 is 1.15 bits per heavy atom. The Kier molecular flexibility index (Phi) is 7.15. The van der Waals surface area contributed by atoms with Crippen LogP contribution in [0, 0.1) is 0 Å². The summed E-state index contributed by atoms with van der Waals surface area (Å²) in [5.41, 5.74) is 0.0205.